The quantitative estimate of drug-likeness (QED) is 0.785. The molecule has 2 amide bonds. The van der Waals surface area contributed by atoms with Gasteiger partial charge in [0.15, 0.2) is 0 Å². The highest BCUT2D eigenvalue weighted by atomic mass is 32.1. The number of nitrogens with one attached hydrogen (secondary N) is 2. The summed E-state index contributed by atoms with van der Waals surface area (Å²) >= 11 is 1.37. The molecule has 1 heterocycles. The SMILES string of the molecule is CCCCC1CCCC1NC(=O)c1ccc(NC(=O)C2CC2)s1. The fraction of sp³-hybridized carbons (Fsp3) is 0.667. The molecule has 0 radical (unpaired) electrons. The molecule has 2 fully saturated rings. The molecule has 0 bridgehead atoms. The van der Waals surface area contributed by atoms with Crippen LogP contribution in [0.4, 0.5) is 5.00 Å². The first kappa shape index (κ1) is 16.5. The Morgan fingerprint density at radius 2 is 2.04 bits per heavy atom. The second-order valence-corrected chi connectivity index (χ2v) is 7.92. The van der Waals surface area contributed by atoms with Crippen LogP contribution in [0.25, 0.3) is 0 Å². The van der Waals surface area contributed by atoms with E-state index in [9.17, 15) is 9.59 Å². The van der Waals surface area contributed by atoms with E-state index in [4.69, 9.17) is 0 Å². The molecule has 1 aromatic heterocycles. The van der Waals surface area contributed by atoms with Crippen molar-refractivity contribution in [3.63, 3.8) is 0 Å². The van der Waals surface area contributed by atoms with E-state index in [1.54, 1.807) is 0 Å². The number of carbonyl (C=O) groups is 2. The summed E-state index contributed by atoms with van der Waals surface area (Å²) in [7, 11) is 0. The van der Waals surface area contributed by atoms with Crippen molar-refractivity contribution in [2.75, 3.05) is 5.32 Å². The van der Waals surface area contributed by atoms with Gasteiger partial charge in [0, 0.05) is 12.0 Å². The lowest BCUT2D eigenvalue weighted by Crippen LogP contribution is -2.37. The summed E-state index contributed by atoms with van der Waals surface area (Å²) in [5.74, 6) is 0.921. The fourth-order valence-corrected chi connectivity index (χ4v) is 4.19. The van der Waals surface area contributed by atoms with Crippen molar-refractivity contribution < 1.29 is 9.59 Å². The van der Waals surface area contributed by atoms with E-state index >= 15 is 0 Å². The largest absolute Gasteiger partial charge is 0.348 e. The van der Waals surface area contributed by atoms with Gasteiger partial charge in [-0.1, -0.05) is 26.2 Å². The molecule has 2 atom stereocenters. The summed E-state index contributed by atoms with van der Waals surface area (Å²) in [5, 5.41) is 6.90. The van der Waals surface area contributed by atoms with E-state index in [-0.39, 0.29) is 17.7 Å². The zero-order valence-corrected chi connectivity index (χ0v) is 14.6. The van der Waals surface area contributed by atoms with Gasteiger partial charge in [-0.3, -0.25) is 9.59 Å². The molecule has 126 valence electrons. The molecule has 4 nitrogen and oxygen atoms in total. The summed E-state index contributed by atoms with van der Waals surface area (Å²) < 4.78 is 0. The molecular weight excluding hydrogens is 308 g/mol. The number of anilines is 1. The van der Waals surface area contributed by atoms with Gasteiger partial charge in [0.2, 0.25) is 5.91 Å². The normalized spacial score (nSPS) is 23.7. The molecule has 2 aliphatic carbocycles. The van der Waals surface area contributed by atoms with Gasteiger partial charge in [-0.25, -0.2) is 0 Å². The molecule has 23 heavy (non-hydrogen) atoms. The minimum atomic E-state index is 0.00955. The molecule has 2 aliphatic rings. The number of hydrogen-bond donors (Lipinski definition) is 2. The van der Waals surface area contributed by atoms with Gasteiger partial charge >= 0.3 is 0 Å². The van der Waals surface area contributed by atoms with Crippen LogP contribution >= 0.6 is 11.3 Å². The predicted molar refractivity (Wildman–Crippen MR) is 93.8 cm³/mol. The Morgan fingerprint density at radius 3 is 2.78 bits per heavy atom. The molecule has 0 spiro atoms. The van der Waals surface area contributed by atoms with Crippen LogP contribution in [0.3, 0.4) is 0 Å². The van der Waals surface area contributed by atoms with Crippen LogP contribution in [0.1, 0.15) is 68.0 Å². The van der Waals surface area contributed by atoms with E-state index in [2.05, 4.69) is 17.6 Å². The Hall–Kier alpha value is -1.36. The van der Waals surface area contributed by atoms with Crippen molar-refractivity contribution in [2.24, 2.45) is 11.8 Å². The number of thiophene rings is 1. The summed E-state index contributed by atoms with van der Waals surface area (Å²) in [6, 6.07) is 3.97. The summed E-state index contributed by atoms with van der Waals surface area (Å²) in [4.78, 5) is 24.9. The van der Waals surface area contributed by atoms with Crippen molar-refractivity contribution in [3.05, 3.63) is 17.0 Å². The number of amides is 2. The molecular formula is C18H26N2O2S. The first-order chi connectivity index (χ1) is 11.2. The van der Waals surface area contributed by atoms with Gasteiger partial charge in [0.1, 0.15) is 0 Å². The van der Waals surface area contributed by atoms with Crippen LogP contribution in [-0.2, 0) is 4.79 Å². The average Bonchev–Trinajstić information content (AvgIpc) is 3.14. The highest BCUT2D eigenvalue weighted by Crippen LogP contribution is 2.32. The Kier molecular flexibility index (Phi) is 5.36. The summed E-state index contributed by atoms with van der Waals surface area (Å²) in [6.45, 7) is 2.21. The van der Waals surface area contributed by atoms with Crippen LogP contribution in [0, 0.1) is 11.8 Å². The Bertz CT molecular complexity index is 565. The van der Waals surface area contributed by atoms with Gasteiger partial charge in [-0.05, 0) is 50.2 Å². The molecule has 3 rings (SSSR count). The topological polar surface area (TPSA) is 58.2 Å². The third-order valence-electron chi connectivity index (χ3n) is 4.93. The number of unbranched alkanes of at least 4 members (excludes halogenated alkanes) is 1. The lowest BCUT2D eigenvalue weighted by atomic mass is 9.97. The first-order valence-corrected chi connectivity index (χ1v) is 9.70. The minimum Gasteiger partial charge on any atom is -0.348 e. The van der Waals surface area contributed by atoms with Gasteiger partial charge in [-0.2, -0.15) is 0 Å². The van der Waals surface area contributed by atoms with Gasteiger partial charge in [0.05, 0.1) is 9.88 Å². The van der Waals surface area contributed by atoms with Crippen molar-refractivity contribution in [3.8, 4) is 0 Å². The highest BCUT2D eigenvalue weighted by molar-refractivity contribution is 7.18. The standard InChI is InChI=1S/C18H26N2O2S/c1-2-3-5-12-6-4-7-14(12)19-18(22)15-10-11-16(23-15)20-17(21)13-8-9-13/h10-14H,2-9H2,1H3,(H,19,22)(H,20,21). The van der Waals surface area contributed by atoms with E-state index < -0.39 is 0 Å². The smallest absolute Gasteiger partial charge is 0.261 e. The zero-order valence-electron chi connectivity index (χ0n) is 13.8. The van der Waals surface area contributed by atoms with Crippen LogP contribution < -0.4 is 10.6 Å². The van der Waals surface area contributed by atoms with E-state index in [0.717, 1.165) is 24.3 Å². The second-order valence-electron chi connectivity index (χ2n) is 6.84. The predicted octanol–water partition coefficient (Wildman–Crippen LogP) is 4.19. The molecule has 2 N–H and O–H groups in total. The van der Waals surface area contributed by atoms with Crippen LogP contribution in [-0.4, -0.2) is 17.9 Å². The molecule has 2 saturated carbocycles. The maximum atomic E-state index is 12.5. The maximum Gasteiger partial charge on any atom is 0.261 e. The molecule has 2 unspecified atom stereocenters. The molecule has 0 aliphatic heterocycles. The maximum absolute atomic E-state index is 12.5. The Labute approximate surface area is 142 Å². The number of hydrogen-bond acceptors (Lipinski definition) is 3. The minimum absolute atomic E-state index is 0.00955. The van der Waals surface area contributed by atoms with Crippen LogP contribution in [0.15, 0.2) is 12.1 Å². The average molecular weight is 334 g/mol. The number of rotatable bonds is 7. The zero-order chi connectivity index (χ0) is 16.2. The fourth-order valence-electron chi connectivity index (χ4n) is 3.37. The van der Waals surface area contributed by atoms with Crippen molar-refractivity contribution >= 4 is 28.2 Å². The van der Waals surface area contributed by atoms with Gasteiger partial charge in [-0.15, -0.1) is 11.3 Å². The van der Waals surface area contributed by atoms with Crippen molar-refractivity contribution in [1.82, 2.24) is 5.32 Å². The molecule has 0 aromatic carbocycles. The molecule has 5 heteroatoms. The third kappa shape index (κ3) is 4.34. The second kappa shape index (κ2) is 7.47. The summed E-state index contributed by atoms with van der Waals surface area (Å²) in [5.41, 5.74) is 0. The highest BCUT2D eigenvalue weighted by Gasteiger charge is 2.30. The lowest BCUT2D eigenvalue weighted by Gasteiger charge is -2.20. The Balaban J connectivity index is 1.53. The van der Waals surface area contributed by atoms with Gasteiger partial charge < -0.3 is 10.6 Å². The van der Waals surface area contributed by atoms with E-state index in [1.807, 2.05) is 12.1 Å². The first-order valence-electron chi connectivity index (χ1n) is 8.89. The third-order valence-corrected chi connectivity index (χ3v) is 5.93. The van der Waals surface area contributed by atoms with Crippen molar-refractivity contribution in [1.29, 1.82) is 0 Å². The van der Waals surface area contributed by atoms with Crippen LogP contribution in [0.5, 0.6) is 0 Å². The van der Waals surface area contributed by atoms with Crippen LogP contribution in [0.2, 0.25) is 0 Å². The van der Waals surface area contributed by atoms with E-state index in [1.165, 1.54) is 43.4 Å². The monoisotopic (exact) mass is 334 g/mol. The molecule has 1 aromatic rings. The van der Waals surface area contributed by atoms with Gasteiger partial charge in [0.25, 0.3) is 5.91 Å². The number of carbonyl (C=O) groups excluding carboxylic acids is 2. The van der Waals surface area contributed by atoms with Crippen molar-refractivity contribution in [2.45, 2.75) is 64.3 Å². The molecule has 0 saturated heterocycles. The van der Waals surface area contributed by atoms with E-state index in [0.29, 0.717) is 16.8 Å². The Morgan fingerprint density at radius 1 is 1.22 bits per heavy atom. The lowest BCUT2D eigenvalue weighted by molar-refractivity contribution is -0.117. The summed E-state index contributed by atoms with van der Waals surface area (Å²) in [6.07, 6.45) is 9.20.